The fourth-order valence-electron chi connectivity index (χ4n) is 7.60. The van der Waals surface area contributed by atoms with Gasteiger partial charge in [-0.1, -0.05) is 127 Å². The van der Waals surface area contributed by atoms with Crippen LogP contribution < -0.4 is 0 Å². The second-order valence-electron chi connectivity index (χ2n) is 13.2. The number of fused-ring (bicyclic) bond motifs is 9. The van der Waals surface area contributed by atoms with Gasteiger partial charge in [0.25, 0.3) is 0 Å². The predicted molar refractivity (Wildman–Crippen MR) is 211 cm³/mol. The average molecular weight is 666 g/mol. The molecule has 242 valence electrons. The van der Waals surface area contributed by atoms with E-state index in [1.165, 1.54) is 5.56 Å². The zero-order valence-corrected chi connectivity index (χ0v) is 27.7. The Morgan fingerprint density at radius 2 is 0.942 bits per heavy atom. The maximum absolute atomic E-state index is 6.87. The molecule has 0 radical (unpaired) electrons. The van der Waals surface area contributed by atoms with Crippen LogP contribution in [0.5, 0.6) is 0 Å². The third kappa shape index (κ3) is 4.46. The summed E-state index contributed by atoms with van der Waals surface area (Å²) in [4.78, 5) is 15.4. The maximum Gasteiger partial charge on any atom is 0.167 e. The molecule has 11 rings (SSSR count). The van der Waals surface area contributed by atoms with E-state index in [-0.39, 0.29) is 0 Å². The van der Waals surface area contributed by atoms with Crippen molar-refractivity contribution in [3.05, 3.63) is 164 Å². The van der Waals surface area contributed by atoms with Crippen LogP contribution in [0.3, 0.4) is 0 Å². The van der Waals surface area contributed by atoms with Gasteiger partial charge in [-0.3, -0.25) is 0 Å². The number of aromatic nitrogens is 3. The van der Waals surface area contributed by atoms with Gasteiger partial charge >= 0.3 is 0 Å². The third-order valence-electron chi connectivity index (χ3n) is 10.1. The zero-order chi connectivity index (χ0) is 34.2. The second kappa shape index (κ2) is 11.2. The summed E-state index contributed by atoms with van der Waals surface area (Å²) in [6, 6.07) is 56.4. The summed E-state index contributed by atoms with van der Waals surface area (Å²) in [5.41, 5.74) is 8.09. The summed E-state index contributed by atoms with van der Waals surface area (Å²) >= 11 is 0. The molecule has 8 aromatic carbocycles. The summed E-state index contributed by atoms with van der Waals surface area (Å²) < 4.78 is 13.1. The van der Waals surface area contributed by atoms with Crippen LogP contribution in [-0.4, -0.2) is 15.0 Å². The lowest BCUT2D eigenvalue weighted by atomic mass is 9.95. The van der Waals surface area contributed by atoms with Crippen LogP contribution in [0.2, 0.25) is 0 Å². The fourth-order valence-corrected chi connectivity index (χ4v) is 7.60. The molecule has 11 aromatic rings. The van der Waals surface area contributed by atoms with E-state index in [0.29, 0.717) is 17.5 Å². The Bertz CT molecular complexity index is 3190. The van der Waals surface area contributed by atoms with Gasteiger partial charge in [-0.15, -0.1) is 0 Å². The normalized spacial score (nSPS) is 11.8. The van der Waals surface area contributed by atoms with Crippen LogP contribution in [0, 0.1) is 0 Å². The maximum atomic E-state index is 6.87. The van der Waals surface area contributed by atoms with E-state index in [1.54, 1.807) is 0 Å². The van der Waals surface area contributed by atoms with Gasteiger partial charge in [0.2, 0.25) is 0 Å². The van der Waals surface area contributed by atoms with Gasteiger partial charge in [-0.05, 0) is 63.7 Å². The molecule has 52 heavy (non-hydrogen) atoms. The Kier molecular flexibility index (Phi) is 6.18. The molecule has 0 saturated heterocycles. The van der Waals surface area contributed by atoms with E-state index in [0.717, 1.165) is 87.7 Å². The van der Waals surface area contributed by atoms with Gasteiger partial charge in [0.15, 0.2) is 17.5 Å². The van der Waals surface area contributed by atoms with Crippen molar-refractivity contribution >= 4 is 65.4 Å². The van der Waals surface area contributed by atoms with Crippen molar-refractivity contribution in [2.45, 2.75) is 0 Å². The van der Waals surface area contributed by atoms with Crippen LogP contribution in [0.1, 0.15) is 0 Å². The van der Waals surface area contributed by atoms with E-state index in [2.05, 4.69) is 121 Å². The Balaban J connectivity index is 1.16. The molecular formula is C47H27N3O2. The standard InChI is InChI=1S/C47H27N3O2/c1-2-12-29(13-3-1)39-27-40-37-18-10-19-38(43(37)52-44(40)36-17-7-6-15-33(36)39)47-49-45(31-22-21-28-11-4-5-14-30(28)25-31)48-46(50-47)32-23-24-35-34-16-8-9-20-41(34)51-42(35)26-32/h1-27H. The number of furan rings is 2. The topological polar surface area (TPSA) is 65.0 Å². The minimum atomic E-state index is 0.537. The highest BCUT2D eigenvalue weighted by Crippen LogP contribution is 2.42. The molecule has 0 atom stereocenters. The number of nitrogens with zero attached hydrogens (tertiary/aromatic N) is 3. The zero-order valence-electron chi connectivity index (χ0n) is 27.7. The van der Waals surface area contributed by atoms with Gasteiger partial charge in [0, 0.05) is 38.1 Å². The van der Waals surface area contributed by atoms with E-state index in [4.69, 9.17) is 23.8 Å². The molecule has 0 saturated carbocycles. The summed E-state index contributed by atoms with van der Waals surface area (Å²) in [6.45, 7) is 0. The first-order valence-corrected chi connectivity index (χ1v) is 17.3. The molecule has 0 aliphatic rings. The Morgan fingerprint density at radius 1 is 0.308 bits per heavy atom. The van der Waals surface area contributed by atoms with Gasteiger partial charge in [0.05, 0.1) is 5.56 Å². The third-order valence-corrected chi connectivity index (χ3v) is 10.1. The van der Waals surface area contributed by atoms with E-state index in [9.17, 15) is 0 Å². The van der Waals surface area contributed by atoms with Gasteiger partial charge in [-0.25, -0.2) is 15.0 Å². The number of hydrogen-bond acceptors (Lipinski definition) is 5. The fraction of sp³-hybridized carbons (Fsp3) is 0. The molecule has 0 N–H and O–H groups in total. The number of benzene rings is 8. The molecule has 0 amide bonds. The molecule has 0 bridgehead atoms. The molecule has 0 aliphatic heterocycles. The molecular weight excluding hydrogens is 639 g/mol. The minimum absolute atomic E-state index is 0.537. The molecule has 0 aliphatic carbocycles. The molecule has 3 heterocycles. The lowest BCUT2D eigenvalue weighted by molar-refractivity contribution is 0.669. The van der Waals surface area contributed by atoms with E-state index >= 15 is 0 Å². The van der Waals surface area contributed by atoms with Gasteiger partial charge in [0.1, 0.15) is 22.3 Å². The van der Waals surface area contributed by atoms with Crippen molar-refractivity contribution in [2.24, 2.45) is 0 Å². The van der Waals surface area contributed by atoms with Crippen LogP contribution in [-0.2, 0) is 0 Å². The predicted octanol–water partition coefficient (Wildman–Crippen LogP) is 12.6. The molecule has 0 spiro atoms. The molecule has 0 unspecified atom stereocenters. The lowest BCUT2D eigenvalue weighted by Gasteiger charge is -2.09. The van der Waals surface area contributed by atoms with Gasteiger partial charge in [-0.2, -0.15) is 0 Å². The lowest BCUT2D eigenvalue weighted by Crippen LogP contribution is -2.00. The van der Waals surface area contributed by atoms with Crippen LogP contribution in [0.25, 0.3) is 111 Å². The van der Waals surface area contributed by atoms with Crippen molar-refractivity contribution in [2.75, 3.05) is 0 Å². The highest BCUT2D eigenvalue weighted by molar-refractivity contribution is 6.20. The Hall–Kier alpha value is -7.11. The Morgan fingerprint density at radius 3 is 1.81 bits per heavy atom. The number of rotatable bonds is 4. The van der Waals surface area contributed by atoms with E-state index < -0.39 is 0 Å². The summed E-state index contributed by atoms with van der Waals surface area (Å²) in [6.07, 6.45) is 0. The first-order chi connectivity index (χ1) is 25.7. The quantitative estimate of drug-likeness (QED) is 0.187. The number of para-hydroxylation sites is 2. The Labute approximate surface area is 297 Å². The van der Waals surface area contributed by atoms with Crippen LogP contribution in [0.4, 0.5) is 0 Å². The molecule has 0 fully saturated rings. The monoisotopic (exact) mass is 665 g/mol. The first-order valence-electron chi connectivity index (χ1n) is 17.3. The second-order valence-corrected chi connectivity index (χ2v) is 13.2. The molecule has 3 aromatic heterocycles. The highest BCUT2D eigenvalue weighted by atomic mass is 16.3. The van der Waals surface area contributed by atoms with Crippen molar-refractivity contribution in [3.63, 3.8) is 0 Å². The number of hydrogen-bond donors (Lipinski definition) is 0. The largest absolute Gasteiger partial charge is 0.456 e. The summed E-state index contributed by atoms with van der Waals surface area (Å²) in [5.74, 6) is 1.68. The summed E-state index contributed by atoms with van der Waals surface area (Å²) in [5, 5.41) is 8.67. The van der Waals surface area contributed by atoms with Crippen molar-refractivity contribution in [3.8, 4) is 45.3 Å². The summed E-state index contributed by atoms with van der Waals surface area (Å²) in [7, 11) is 0. The van der Waals surface area contributed by atoms with E-state index in [1.807, 2.05) is 42.5 Å². The van der Waals surface area contributed by atoms with Crippen LogP contribution >= 0.6 is 0 Å². The average Bonchev–Trinajstić information content (AvgIpc) is 3.79. The van der Waals surface area contributed by atoms with Gasteiger partial charge < -0.3 is 8.83 Å². The molecule has 5 heteroatoms. The van der Waals surface area contributed by atoms with Crippen LogP contribution in [0.15, 0.2) is 173 Å². The van der Waals surface area contributed by atoms with Crippen molar-refractivity contribution in [1.82, 2.24) is 15.0 Å². The smallest absolute Gasteiger partial charge is 0.167 e. The first kappa shape index (κ1) is 28.7. The highest BCUT2D eigenvalue weighted by Gasteiger charge is 2.21. The molecule has 5 nitrogen and oxygen atoms in total. The van der Waals surface area contributed by atoms with Crippen molar-refractivity contribution in [1.29, 1.82) is 0 Å². The SMILES string of the molecule is c1ccc(-c2cc3c4cccc(-c5nc(-c6ccc7ccccc7c6)nc(-c6ccc7c(c6)oc6ccccc67)n5)c4oc3c3ccccc23)cc1. The van der Waals surface area contributed by atoms with Crippen molar-refractivity contribution < 1.29 is 8.83 Å². The minimum Gasteiger partial charge on any atom is -0.456 e.